The molecule has 0 unspecified atom stereocenters. The maximum Gasteiger partial charge on any atom is 0.252 e. The number of ether oxygens (including phenoxy) is 1. The monoisotopic (exact) mass is 252 g/mol. The Hall–Kier alpha value is -1.66. The van der Waals surface area contributed by atoms with E-state index in [0.717, 1.165) is 13.1 Å². The van der Waals surface area contributed by atoms with E-state index in [1.807, 2.05) is 7.05 Å². The predicted molar refractivity (Wildman–Crippen MR) is 70.4 cm³/mol. The van der Waals surface area contributed by atoms with Gasteiger partial charge in [-0.15, -0.1) is 0 Å². The van der Waals surface area contributed by atoms with Gasteiger partial charge in [-0.3, -0.25) is 4.79 Å². The van der Waals surface area contributed by atoms with Gasteiger partial charge in [0.15, 0.2) is 0 Å². The lowest BCUT2D eigenvalue weighted by Crippen LogP contribution is -2.34. The molecule has 0 radical (unpaired) electrons. The van der Waals surface area contributed by atoms with Crippen LogP contribution >= 0.6 is 0 Å². The number of nitrogen functional groups attached to an aromatic ring is 1. The van der Waals surface area contributed by atoms with Crippen molar-refractivity contribution in [3.8, 4) is 0 Å². The first kappa shape index (κ1) is 14.4. The van der Waals surface area contributed by atoms with Crippen molar-refractivity contribution in [3.05, 3.63) is 23.9 Å². The molecule has 0 bridgehead atoms. The lowest BCUT2D eigenvalue weighted by Gasteiger charge is -2.16. The number of carbonyl (C=O) groups is 1. The number of methoxy groups -OCH3 is 1. The number of hydrogen-bond donors (Lipinski definition) is 2. The highest BCUT2D eigenvalue weighted by Crippen LogP contribution is 2.00. The van der Waals surface area contributed by atoms with Crippen LogP contribution in [0.5, 0.6) is 0 Å². The van der Waals surface area contributed by atoms with Crippen LogP contribution in [0.1, 0.15) is 10.4 Å². The molecule has 6 heteroatoms. The first-order chi connectivity index (χ1) is 8.63. The van der Waals surface area contributed by atoms with Gasteiger partial charge < -0.3 is 20.7 Å². The maximum absolute atomic E-state index is 11.7. The number of pyridine rings is 1. The number of anilines is 1. The molecule has 0 saturated heterocycles. The molecule has 0 saturated carbocycles. The molecule has 0 aliphatic heterocycles. The lowest BCUT2D eigenvalue weighted by atomic mass is 10.2. The van der Waals surface area contributed by atoms with Crippen LogP contribution in [0.3, 0.4) is 0 Å². The smallest absolute Gasteiger partial charge is 0.252 e. The Morgan fingerprint density at radius 2 is 2.28 bits per heavy atom. The van der Waals surface area contributed by atoms with Gasteiger partial charge in [-0.1, -0.05) is 0 Å². The minimum Gasteiger partial charge on any atom is -0.384 e. The summed E-state index contributed by atoms with van der Waals surface area (Å²) in [4.78, 5) is 17.7. The van der Waals surface area contributed by atoms with Gasteiger partial charge in [0.05, 0.1) is 12.2 Å². The van der Waals surface area contributed by atoms with Crippen molar-refractivity contribution in [1.82, 2.24) is 15.2 Å². The van der Waals surface area contributed by atoms with Gasteiger partial charge in [-0.25, -0.2) is 4.98 Å². The van der Waals surface area contributed by atoms with Crippen molar-refractivity contribution >= 4 is 11.7 Å². The van der Waals surface area contributed by atoms with Crippen LogP contribution in [-0.4, -0.2) is 56.2 Å². The summed E-state index contributed by atoms with van der Waals surface area (Å²) in [6.45, 7) is 2.89. The molecule has 100 valence electrons. The Balaban J connectivity index is 2.27. The maximum atomic E-state index is 11.7. The molecular formula is C12H20N4O2. The molecule has 1 heterocycles. The van der Waals surface area contributed by atoms with E-state index in [2.05, 4.69) is 15.2 Å². The quantitative estimate of drug-likeness (QED) is 0.712. The van der Waals surface area contributed by atoms with Gasteiger partial charge in [0, 0.05) is 32.9 Å². The zero-order chi connectivity index (χ0) is 13.4. The van der Waals surface area contributed by atoms with Crippen LogP contribution in [0, 0.1) is 0 Å². The van der Waals surface area contributed by atoms with Gasteiger partial charge in [-0.2, -0.15) is 0 Å². The Morgan fingerprint density at radius 1 is 1.50 bits per heavy atom. The fourth-order valence-electron chi connectivity index (χ4n) is 1.36. The molecule has 1 aromatic heterocycles. The second-order valence-corrected chi connectivity index (χ2v) is 4.02. The Labute approximate surface area is 107 Å². The van der Waals surface area contributed by atoms with Crippen molar-refractivity contribution in [1.29, 1.82) is 0 Å². The number of nitrogens with two attached hydrogens (primary N) is 1. The third-order valence-electron chi connectivity index (χ3n) is 2.50. The summed E-state index contributed by atoms with van der Waals surface area (Å²) in [7, 11) is 3.65. The molecule has 6 nitrogen and oxygen atoms in total. The number of amides is 1. The average molecular weight is 252 g/mol. The summed E-state index contributed by atoms with van der Waals surface area (Å²) >= 11 is 0. The number of nitrogens with one attached hydrogen (secondary N) is 1. The van der Waals surface area contributed by atoms with E-state index in [0.29, 0.717) is 24.5 Å². The Bertz CT molecular complexity index is 367. The number of hydrogen-bond acceptors (Lipinski definition) is 5. The fourth-order valence-corrected chi connectivity index (χ4v) is 1.36. The third-order valence-corrected chi connectivity index (χ3v) is 2.50. The molecule has 0 aromatic carbocycles. The predicted octanol–water partition coefficient (Wildman–Crippen LogP) is -0.0282. The molecule has 1 rings (SSSR count). The molecule has 3 N–H and O–H groups in total. The zero-order valence-corrected chi connectivity index (χ0v) is 10.8. The third kappa shape index (κ3) is 5.11. The number of rotatable bonds is 7. The van der Waals surface area contributed by atoms with Gasteiger partial charge in [0.25, 0.3) is 5.91 Å². The highest BCUT2D eigenvalue weighted by Gasteiger charge is 2.05. The van der Waals surface area contributed by atoms with Crippen molar-refractivity contribution in [2.24, 2.45) is 0 Å². The van der Waals surface area contributed by atoms with Crippen molar-refractivity contribution < 1.29 is 9.53 Å². The SMILES string of the molecule is COCCN(C)CCNC(=O)c1ccc(N)nc1. The summed E-state index contributed by atoms with van der Waals surface area (Å²) in [6, 6.07) is 3.27. The molecule has 0 spiro atoms. The fraction of sp³-hybridized carbons (Fsp3) is 0.500. The summed E-state index contributed by atoms with van der Waals surface area (Å²) in [5.74, 6) is 0.272. The van der Waals surface area contributed by atoms with Crippen LogP contribution < -0.4 is 11.1 Å². The molecular weight excluding hydrogens is 232 g/mol. The van der Waals surface area contributed by atoms with Gasteiger partial charge >= 0.3 is 0 Å². The largest absolute Gasteiger partial charge is 0.384 e. The lowest BCUT2D eigenvalue weighted by molar-refractivity contribution is 0.0947. The zero-order valence-electron chi connectivity index (χ0n) is 10.8. The normalized spacial score (nSPS) is 10.6. The summed E-state index contributed by atoms with van der Waals surface area (Å²) in [5, 5.41) is 2.82. The number of aromatic nitrogens is 1. The van der Waals surface area contributed by atoms with E-state index in [1.54, 1.807) is 19.2 Å². The second kappa shape index (κ2) is 7.62. The van der Waals surface area contributed by atoms with Crippen molar-refractivity contribution in [2.45, 2.75) is 0 Å². The van der Waals surface area contributed by atoms with E-state index in [1.165, 1.54) is 6.20 Å². The average Bonchev–Trinajstić information content (AvgIpc) is 2.37. The molecule has 1 aromatic rings. The van der Waals surface area contributed by atoms with E-state index >= 15 is 0 Å². The standard InChI is InChI=1S/C12H20N4O2/c1-16(7-8-18-2)6-5-14-12(17)10-3-4-11(13)15-9-10/h3-4,9H,5-8H2,1-2H3,(H2,13,15)(H,14,17). The van der Waals surface area contributed by atoms with Gasteiger partial charge in [0.1, 0.15) is 5.82 Å². The van der Waals surface area contributed by atoms with Crippen LogP contribution in [-0.2, 0) is 4.74 Å². The van der Waals surface area contributed by atoms with Crippen molar-refractivity contribution in [2.75, 3.05) is 46.1 Å². The van der Waals surface area contributed by atoms with Gasteiger partial charge in [0.2, 0.25) is 0 Å². The van der Waals surface area contributed by atoms with E-state index in [-0.39, 0.29) is 5.91 Å². The Morgan fingerprint density at radius 3 is 2.89 bits per heavy atom. The minimum absolute atomic E-state index is 0.136. The molecule has 0 aliphatic carbocycles. The highest BCUT2D eigenvalue weighted by molar-refractivity contribution is 5.93. The number of likely N-dealkylation sites (N-methyl/N-ethyl adjacent to an activating group) is 1. The summed E-state index contributed by atoms with van der Waals surface area (Å²) in [6.07, 6.45) is 1.47. The number of carbonyl (C=O) groups excluding carboxylic acids is 1. The minimum atomic E-state index is -0.136. The summed E-state index contributed by atoms with van der Waals surface area (Å²) in [5.41, 5.74) is 5.97. The number of nitrogens with zero attached hydrogens (tertiary/aromatic N) is 2. The van der Waals surface area contributed by atoms with E-state index in [9.17, 15) is 4.79 Å². The highest BCUT2D eigenvalue weighted by atomic mass is 16.5. The molecule has 0 aliphatic rings. The van der Waals surface area contributed by atoms with Crippen LogP contribution in [0.25, 0.3) is 0 Å². The molecule has 0 atom stereocenters. The summed E-state index contributed by atoms with van der Waals surface area (Å²) < 4.78 is 4.97. The molecule has 0 fully saturated rings. The van der Waals surface area contributed by atoms with Crippen LogP contribution in [0.15, 0.2) is 18.3 Å². The van der Waals surface area contributed by atoms with E-state index in [4.69, 9.17) is 10.5 Å². The molecule has 1 amide bonds. The van der Waals surface area contributed by atoms with Crippen molar-refractivity contribution in [3.63, 3.8) is 0 Å². The van der Waals surface area contributed by atoms with Crippen LogP contribution in [0.4, 0.5) is 5.82 Å². The van der Waals surface area contributed by atoms with Gasteiger partial charge in [-0.05, 0) is 19.2 Å². The first-order valence-corrected chi connectivity index (χ1v) is 5.80. The van der Waals surface area contributed by atoms with Crippen LogP contribution in [0.2, 0.25) is 0 Å². The molecule has 18 heavy (non-hydrogen) atoms. The second-order valence-electron chi connectivity index (χ2n) is 4.02. The topological polar surface area (TPSA) is 80.5 Å². The van der Waals surface area contributed by atoms with E-state index < -0.39 is 0 Å². The Kier molecular flexibility index (Phi) is 6.10. The first-order valence-electron chi connectivity index (χ1n) is 5.80.